The van der Waals surface area contributed by atoms with E-state index in [1.54, 1.807) is 38.1 Å². The molecule has 2 heterocycles. The van der Waals surface area contributed by atoms with Gasteiger partial charge in [-0.2, -0.15) is 0 Å². The molecule has 4 rings (SSSR count). The number of carbonyl (C=O) groups excluding carboxylic acids is 1. The summed E-state index contributed by atoms with van der Waals surface area (Å²) < 4.78 is 12.4. The summed E-state index contributed by atoms with van der Waals surface area (Å²) in [4.78, 5) is 42.8. The first-order valence-corrected chi connectivity index (χ1v) is 12.1. The van der Waals surface area contributed by atoms with Gasteiger partial charge in [0.2, 0.25) is 0 Å². The van der Waals surface area contributed by atoms with Gasteiger partial charge in [-0.3, -0.25) is 9.36 Å². The Bertz CT molecular complexity index is 1570. The second-order valence-corrected chi connectivity index (χ2v) is 9.14. The molecule has 0 spiro atoms. The molecule has 0 bridgehead atoms. The summed E-state index contributed by atoms with van der Waals surface area (Å²) >= 11 is 7.08. The van der Waals surface area contributed by atoms with Crippen molar-refractivity contribution in [3.63, 3.8) is 0 Å². The number of hydrogen-bond donors (Lipinski definition) is 2. The lowest BCUT2D eigenvalue weighted by Crippen LogP contribution is -2.40. The van der Waals surface area contributed by atoms with E-state index in [9.17, 15) is 19.5 Å². The minimum atomic E-state index is -1.16. The van der Waals surface area contributed by atoms with Gasteiger partial charge in [-0.1, -0.05) is 35.1 Å². The third-order valence-corrected chi connectivity index (χ3v) is 6.81. The monoisotopic (exact) mass is 527 g/mol. The van der Waals surface area contributed by atoms with Crippen LogP contribution in [-0.4, -0.2) is 35.3 Å². The molecule has 1 aromatic heterocycles. The zero-order chi connectivity index (χ0) is 26.0. The van der Waals surface area contributed by atoms with Gasteiger partial charge in [-0.05, 0) is 49.7 Å². The molecule has 0 saturated carbocycles. The number of nitrogens with one attached hydrogen (secondary N) is 1. The van der Waals surface area contributed by atoms with Crippen molar-refractivity contribution in [2.24, 2.45) is 4.99 Å². The highest BCUT2D eigenvalue weighted by molar-refractivity contribution is 7.07. The van der Waals surface area contributed by atoms with E-state index in [0.29, 0.717) is 32.0 Å². The van der Waals surface area contributed by atoms with Crippen molar-refractivity contribution in [1.82, 2.24) is 4.57 Å². The highest BCUT2D eigenvalue weighted by atomic mass is 35.5. The fourth-order valence-electron chi connectivity index (χ4n) is 3.85. The first kappa shape index (κ1) is 25.2. The fraction of sp³-hybridized carbons (Fsp3) is 0.200. The Kier molecular flexibility index (Phi) is 7.27. The molecule has 0 unspecified atom stereocenters. The number of allylic oxidation sites excluding steroid dienone is 1. The van der Waals surface area contributed by atoms with Crippen molar-refractivity contribution in [2.45, 2.75) is 19.9 Å². The molecule has 11 heteroatoms. The summed E-state index contributed by atoms with van der Waals surface area (Å²) in [6.45, 7) is 3.59. The number of carboxylic acids is 1. The maximum Gasteiger partial charge on any atom is 0.338 e. The van der Waals surface area contributed by atoms with Gasteiger partial charge in [-0.15, -0.1) is 0 Å². The number of halogens is 1. The minimum Gasteiger partial charge on any atom is -0.497 e. The molecule has 1 aliphatic heterocycles. The molecule has 2 aromatic carbocycles. The first-order chi connectivity index (χ1) is 17.2. The van der Waals surface area contributed by atoms with Gasteiger partial charge in [0.05, 0.1) is 41.6 Å². The predicted molar refractivity (Wildman–Crippen MR) is 136 cm³/mol. The SMILES string of the molecule is CCOC(=O)C1=C(C)N=c2s/c(=C\Nc3ccc(Cl)c(C(=O)O)c3)c(=O)n2[C@H]1c1cccc(OC)c1. The van der Waals surface area contributed by atoms with Crippen LogP contribution in [-0.2, 0) is 9.53 Å². The molecule has 1 atom stereocenters. The lowest BCUT2D eigenvalue weighted by atomic mass is 9.95. The average molecular weight is 528 g/mol. The fourth-order valence-corrected chi connectivity index (χ4v) is 5.01. The lowest BCUT2D eigenvalue weighted by Gasteiger charge is -2.24. The molecule has 9 nitrogen and oxygen atoms in total. The Morgan fingerprint density at radius 1 is 1.28 bits per heavy atom. The third kappa shape index (κ3) is 4.77. The van der Waals surface area contributed by atoms with Gasteiger partial charge < -0.3 is 19.9 Å². The summed E-state index contributed by atoms with van der Waals surface area (Å²) in [6, 6.07) is 10.8. The van der Waals surface area contributed by atoms with Gasteiger partial charge in [0.1, 0.15) is 10.3 Å². The van der Waals surface area contributed by atoms with E-state index < -0.39 is 18.0 Å². The van der Waals surface area contributed by atoms with Gasteiger partial charge in [0.25, 0.3) is 5.56 Å². The maximum atomic E-state index is 13.6. The maximum absolute atomic E-state index is 13.6. The van der Waals surface area contributed by atoms with Crippen LogP contribution in [0.3, 0.4) is 0 Å². The number of methoxy groups -OCH3 is 1. The van der Waals surface area contributed by atoms with E-state index in [1.807, 2.05) is 6.07 Å². The van der Waals surface area contributed by atoms with Crippen LogP contribution in [0.5, 0.6) is 5.75 Å². The van der Waals surface area contributed by atoms with Crippen LogP contribution >= 0.6 is 22.9 Å². The van der Waals surface area contributed by atoms with Gasteiger partial charge >= 0.3 is 11.9 Å². The number of esters is 1. The first-order valence-electron chi connectivity index (χ1n) is 10.9. The summed E-state index contributed by atoms with van der Waals surface area (Å²) in [6.07, 6.45) is 1.48. The van der Waals surface area contributed by atoms with E-state index in [0.717, 1.165) is 11.3 Å². The molecule has 186 valence electrons. The zero-order valence-corrected chi connectivity index (χ0v) is 21.1. The zero-order valence-electron chi connectivity index (χ0n) is 19.6. The Morgan fingerprint density at radius 3 is 2.75 bits per heavy atom. The van der Waals surface area contributed by atoms with Crippen LogP contribution in [0.4, 0.5) is 5.69 Å². The topological polar surface area (TPSA) is 119 Å². The number of ether oxygens (including phenoxy) is 2. The van der Waals surface area contributed by atoms with Crippen molar-refractivity contribution in [3.8, 4) is 5.75 Å². The predicted octanol–water partition coefficient (Wildman–Crippen LogP) is 3.18. The number of anilines is 1. The molecule has 0 saturated heterocycles. The number of fused-ring (bicyclic) bond motifs is 1. The second kappa shape index (κ2) is 10.4. The van der Waals surface area contributed by atoms with Crippen molar-refractivity contribution in [1.29, 1.82) is 0 Å². The number of aromatic nitrogens is 1. The van der Waals surface area contributed by atoms with Crippen molar-refractivity contribution >= 4 is 46.8 Å². The summed E-state index contributed by atoms with van der Waals surface area (Å²) in [7, 11) is 1.54. The quantitative estimate of drug-likeness (QED) is 0.453. The van der Waals surface area contributed by atoms with E-state index in [4.69, 9.17) is 21.1 Å². The Labute approximate surface area is 214 Å². The molecule has 1 aliphatic rings. The van der Waals surface area contributed by atoms with Crippen LogP contribution < -0.4 is 24.9 Å². The number of carbonyl (C=O) groups is 2. The van der Waals surface area contributed by atoms with Crippen LogP contribution in [0.25, 0.3) is 6.20 Å². The lowest BCUT2D eigenvalue weighted by molar-refractivity contribution is -0.139. The van der Waals surface area contributed by atoms with Gasteiger partial charge in [-0.25, -0.2) is 14.6 Å². The summed E-state index contributed by atoms with van der Waals surface area (Å²) in [5.41, 5.74) is 1.38. The standard InChI is InChI=1S/C25H22ClN3O6S/c1-4-35-24(33)20-13(2)28-25-29(21(20)14-6-5-7-16(10-14)34-3)22(30)19(36-25)12-27-15-8-9-18(26)17(11-15)23(31)32/h5-12,21,27H,4H2,1-3H3,(H,31,32)/b19-12-/t21-/m0/s1. The number of hydrogen-bond acceptors (Lipinski definition) is 8. The van der Waals surface area contributed by atoms with E-state index in [2.05, 4.69) is 10.3 Å². The van der Waals surface area contributed by atoms with Crippen molar-refractivity contribution in [2.75, 3.05) is 19.0 Å². The molecule has 0 amide bonds. The van der Waals surface area contributed by atoms with Crippen LogP contribution in [0.2, 0.25) is 5.02 Å². The molecular weight excluding hydrogens is 506 g/mol. The summed E-state index contributed by atoms with van der Waals surface area (Å²) in [5.74, 6) is -1.14. The number of nitrogens with zero attached hydrogens (tertiary/aromatic N) is 2. The number of rotatable bonds is 7. The smallest absolute Gasteiger partial charge is 0.338 e. The largest absolute Gasteiger partial charge is 0.497 e. The molecule has 36 heavy (non-hydrogen) atoms. The highest BCUT2D eigenvalue weighted by Gasteiger charge is 2.33. The normalized spacial score (nSPS) is 15.2. The van der Waals surface area contributed by atoms with Crippen molar-refractivity contribution in [3.05, 3.63) is 89.6 Å². The van der Waals surface area contributed by atoms with Gasteiger partial charge in [0.15, 0.2) is 4.80 Å². The van der Waals surface area contributed by atoms with Crippen LogP contribution in [0, 0.1) is 0 Å². The van der Waals surface area contributed by atoms with Gasteiger partial charge in [0, 0.05) is 11.9 Å². The number of benzene rings is 2. The molecule has 0 radical (unpaired) electrons. The number of carboxylic acid groups (broad SMARTS) is 1. The summed E-state index contributed by atoms with van der Waals surface area (Å²) in [5, 5.41) is 12.4. The Balaban J connectivity index is 1.85. The van der Waals surface area contributed by atoms with E-state index in [-0.39, 0.29) is 28.3 Å². The third-order valence-electron chi connectivity index (χ3n) is 5.49. The minimum absolute atomic E-state index is 0.0655. The molecular formula is C25H22ClN3O6S. The van der Waals surface area contributed by atoms with Crippen LogP contribution in [0.15, 0.2) is 63.5 Å². The highest BCUT2D eigenvalue weighted by Crippen LogP contribution is 2.32. The van der Waals surface area contributed by atoms with Crippen molar-refractivity contribution < 1.29 is 24.2 Å². The molecule has 0 fully saturated rings. The average Bonchev–Trinajstić information content (AvgIpc) is 3.17. The van der Waals surface area contributed by atoms with E-state index >= 15 is 0 Å². The molecule has 2 N–H and O–H groups in total. The van der Waals surface area contributed by atoms with Crippen LogP contribution in [0.1, 0.15) is 35.8 Å². The number of thiazole rings is 1. The molecule has 0 aliphatic carbocycles. The Morgan fingerprint density at radius 2 is 2.06 bits per heavy atom. The molecule has 3 aromatic rings. The number of aromatic carboxylic acids is 1. The second-order valence-electron chi connectivity index (χ2n) is 7.72. The van der Waals surface area contributed by atoms with E-state index in [1.165, 1.54) is 30.0 Å². The Hall–Kier alpha value is -3.89.